The lowest BCUT2D eigenvalue weighted by Crippen LogP contribution is -2.44. The van der Waals surface area contributed by atoms with Gasteiger partial charge in [0, 0.05) is 20.2 Å². The van der Waals surface area contributed by atoms with Gasteiger partial charge in [-0.2, -0.15) is 11.3 Å². The van der Waals surface area contributed by atoms with Gasteiger partial charge in [-0.3, -0.25) is 4.79 Å². The molecule has 0 aliphatic carbocycles. The summed E-state index contributed by atoms with van der Waals surface area (Å²) in [5.41, 5.74) is 1.08. The van der Waals surface area contributed by atoms with Crippen LogP contribution in [0.25, 0.3) is 0 Å². The van der Waals surface area contributed by atoms with Gasteiger partial charge in [-0.1, -0.05) is 0 Å². The Labute approximate surface area is 106 Å². The van der Waals surface area contributed by atoms with Crippen LogP contribution in [0, 0.1) is 0 Å². The molecule has 1 amide bonds. The molecule has 1 N–H and O–H groups in total. The predicted octanol–water partition coefficient (Wildman–Crippen LogP) is 0.736. The molecule has 1 fully saturated rings. The number of nitrogens with one attached hydrogen (secondary N) is 1. The average Bonchev–Trinajstić information content (AvgIpc) is 2.88. The Kier molecular flexibility index (Phi) is 4.15. The summed E-state index contributed by atoms with van der Waals surface area (Å²) >= 11 is 1.62. The van der Waals surface area contributed by atoms with Crippen LogP contribution in [0.2, 0.25) is 0 Å². The summed E-state index contributed by atoms with van der Waals surface area (Å²) in [7, 11) is 3.74. The second-order valence-corrected chi connectivity index (χ2v) is 5.26. The average molecular weight is 254 g/mol. The Morgan fingerprint density at radius 1 is 1.65 bits per heavy atom. The molecule has 2 heterocycles. The molecule has 5 heteroatoms. The smallest absolute Gasteiger partial charge is 0.224 e. The molecule has 0 spiro atoms. The zero-order valence-corrected chi connectivity index (χ0v) is 11.0. The minimum atomic E-state index is 0.0748. The third-order valence-corrected chi connectivity index (χ3v) is 3.77. The van der Waals surface area contributed by atoms with Crippen LogP contribution >= 0.6 is 11.3 Å². The Morgan fingerprint density at radius 2 is 2.47 bits per heavy atom. The maximum atomic E-state index is 11.9. The summed E-state index contributed by atoms with van der Waals surface area (Å²) in [6.07, 6.45) is 0.562. The fraction of sp³-hybridized carbons (Fsp3) is 0.583. The lowest BCUT2D eigenvalue weighted by Gasteiger charge is -2.18. The van der Waals surface area contributed by atoms with Gasteiger partial charge in [-0.25, -0.2) is 0 Å². The number of amides is 1. The van der Waals surface area contributed by atoms with Crippen molar-refractivity contribution in [3.63, 3.8) is 0 Å². The van der Waals surface area contributed by atoms with Crippen LogP contribution in [-0.2, 0) is 16.0 Å². The van der Waals surface area contributed by atoms with Crippen molar-refractivity contribution in [3.8, 4) is 0 Å². The number of hydrogen-bond acceptors (Lipinski definition) is 4. The van der Waals surface area contributed by atoms with Gasteiger partial charge >= 0.3 is 0 Å². The molecule has 0 unspecified atom stereocenters. The van der Waals surface area contributed by atoms with Crippen molar-refractivity contribution in [2.24, 2.45) is 0 Å². The van der Waals surface area contributed by atoms with Gasteiger partial charge in [0.1, 0.15) is 0 Å². The van der Waals surface area contributed by atoms with E-state index in [-0.39, 0.29) is 18.1 Å². The first-order chi connectivity index (χ1) is 8.19. The summed E-state index contributed by atoms with van der Waals surface area (Å²) in [5, 5.41) is 7.05. The van der Waals surface area contributed by atoms with E-state index in [0.717, 1.165) is 18.7 Å². The second kappa shape index (κ2) is 5.62. The normalized spacial score (nSPS) is 25.1. The molecule has 94 valence electrons. The summed E-state index contributed by atoms with van der Waals surface area (Å²) in [4.78, 5) is 14.0. The highest BCUT2D eigenvalue weighted by molar-refractivity contribution is 7.07. The van der Waals surface area contributed by atoms with E-state index in [2.05, 4.69) is 10.2 Å². The van der Waals surface area contributed by atoms with E-state index in [9.17, 15) is 4.79 Å². The molecule has 1 aliphatic heterocycles. The first-order valence-corrected chi connectivity index (χ1v) is 6.65. The maximum absolute atomic E-state index is 11.9. The number of nitrogens with zero attached hydrogens (tertiary/aromatic N) is 1. The molecule has 4 nitrogen and oxygen atoms in total. The summed E-state index contributed by atoms with van der Waals surface area (Å²) < 4.78 is 5.38. The quantitative estimate of drug-likeness (QED) is 0.861. The van der Waals surface area contributed by atoms with Gasteiger partial charge in [0.2, 0.25) is 5.91 Å². The van der Waals surface area contributed by atoms with Crippen LogP contribution in [0.15, 0.2) is 16.8 Å². The molecule has 17 heavy (non-hydrogen) atoms. The largest absolute Gasteiger partial charge is 0.378 e. The molecule has 2 rings (SSSR count). The topological polar surface area (TPSA) is 41.6 Å². The summed E-state index contributed by atoms with van der Waals surface area (Å²) in [5.74, 6) is 0.0748. The third kappa shape index (κ3) is 3.28. The number of likely N-dealkylation sites (N-methyl/N-ethyl adjacent to an activating group) is 1. The number of methoxy groups -OCH3 is 1. The highest BCUT2D eigenvalue weighted by Gasteiger charge is 2.31. The highest BCUT2D eigenvalue weighted by atomic mass is 32.1. The van der Waals surface area contributed by atoms with Crippen molar-refractivity contribution in [2.75, 3.05) is 27.2 Å². The molecule has 0 saturated carbocycles. The van der Waals surface area contributed by atoms with Crippen LogP contribution in [0.3, 0.4) is 0 Å². The monoisotopic (exact) mass is 254 g/mol. The number of rotatable bonds is 4. The standard InChI is InChI=1S/C12H18N2O2S/c1-14-6-10(11(7-14)16-2)13-12(15)5-9-3-4-17-8-9/h3-4,8,10-11H,5-7H2,1-2H3,(H,13,15)/t10-,11-/m0/s1. The number of thiophene rings is 1. The molecule has 1 aromatic rings. The number of ether oxygens (including phenoxy) is 1. The number of likely N-dealkylation sites (tertiary alicyclic amines) is 1. The second-order valence-electron chi connectivity index (χ2n) is 4.48. The highest BCUT2D eigenvalue weighted by Crippen LogP contribution is 2.12. The van der Waals surface area contributed by atoms with Crippen molar-refractivity contribution in [3.05, 3.63) is 22.4 Å². The summed E-state index contributed by atoms with van der Waals surface area (Å²) in [6, 6.07) is 2.09. The maximum Gasteiger partial charge on any atom is 0.224 e. The van der Waals surface area contributed by atoms with Gasteiger partial charge in [-0.15, -0.1) is 0 Å². The molecule has 2 atom stereocenters. The molecular weight excluding hydrogens is 236 g/mol. The van der Waals surface area contributed by atoms with E-state index >= 15 is 0 Å². The zero-order chi connectivity index (χ0) is 12.3. The summed E-state index contributed by atoms with van der Waals surface area (Å²) in [6.45, 7) is 1.73. The van der Waals surface area contributed by atoms with E-state index in [0.29, 0.717) is 6.42 Å². The Balaban J connectivity index is 1.86. The van der Waals surface area contributed by atoms with E-state index in [1.165, 1.54) is 0 Å². The van der Waals surface area contributed by atoms with Gasteiger partial charge < -0.3 is 15.0 Å². The van der Waals surface area contributed by atoms with Crippen LogP contribution < -0.4 is 5.32 Å². The first-order valence-electron chi connectivity index (χ1n) is 5.71. The molecular formula is C12H18N2O2S. The predicted molar refractivity (Wildman–Crippen MR) is 68.2 cm³/mol. The molecule has 1 aromatic heterocycles. The first kappa shape index (κ1) is 12.5. The SMILES string of the molecule is CO[C@H]1CN(C)C[C@@H]1NC(=O)Cc1ccsc1. The number of carbonyl (C=O) groups is 1. The lowest BCUT2D eigenvalue weighted by atomic mass is 10.2. The lowest BCUT2D eigenvalue weighted by molar-refractivity contribution is -0.121. The molecule has 0 aromatic carbocycles. The fourth-order valence-corrected chi connectivity index (χ4v) is 2.84. The van der Waals surface area contributed by atoms with Crippen molar-refractivity contribution in [1.29, 1.82) is 0 Å². The number of carbonyl (C=O) groups excluding carboxylic acids is 1. The van der Waals surface area contributed by atoms with Crippen LogP contribution in [0.5, 0.6) is 0 Å². The van der Waals surface area contributed by atoms with Crippen molar-refractivity contribution >= 4 is 17.2 Å². The van der Waals surface area contributed by atoms with Crippen LogP contribution in [0.4, 0.5) is 0 Å². The number of hydrogen-bond donors (Lipinski definition) is 1. The molecule has 0 bridgehead atoms. The van der Waals surface area contributed by atoms with Gasteiger partial charge in [-0.05, 0) is 29.4 Å². The van der Waals surface area contributed by atoms with Gasteiger partial charge in [0.05, 0.1) is 18.6 Å². The zero-order valence-electron chi connectivity index (χ0n) is 10.2. The van der Waals surface area contributed by atoms with Crippen molar-refractivity contribution < 1.29 is 9.53 Å². The Hall–Kier alpha value is -0.910. The van der Waals surface area contributed by atoms with Gasteiger partial charge in [0.15, 0.2) is 0 Å². The van der Waals surface area contributed by atoms with Crippen molar-refractivity contribution in [2.45, 2.75) is 18.6 Å². The molecule has 1 aliphatic rings. The molecule has 0 radical (unpaired) electrons. The van der Waals surface area contributed by atoms with Crippen LogP contribution in [-0.4, -0.2) is 50.2 Å². The van der Waals surface area contributed by atoms with E-state index in [4.69, 9.17) is 4.74 Å². The van der Waals surface area contributed by atoms with Crippen molar-refractivity contribution in [1.82, 2.24) is 10.2 Å². The minimum Gasteiger partial charge on any atom is -0.378 e. The van der Waals surface area contributed by atoms with E-state index < -0.39 is 0 Å². The van der Waals surface area contributed by atoms with E-state index in [1.807, 2.05) is 23.9 Å². The van der Waals surface area contributed by atoms with E-state index in [1.54, 1.807) is 18.4 Å². The fourth-order valence-electron chi connectivity index (χ4n) is 2.18. The third-order valence-electron chi connectivity index (χ3n) is 3.04. The van der Waals surface area contributed by atoms with Gasteiger partial charge in [0.25, 0.3) is 0 Å². The van der Waals surface area contributed by atoms with Crippen LogP contribution in [0.1, 0.15) is 5.56 Å². The Bertz CT molecular complexity index is 367. The molecule has 1 saturated heterocycles. The Morgan fingerprint density at radius 3 is 3.12 bits per heavy atom. The minimum absolute atomic E-state index is 0.0748.